The molecule has 2 nitrogen and oxygen atoms in total. The van der Waals surface area contributed by atoms with E-state index in [1.165, 1.54) is 15.9 Å². The van der Waals surface area contributed by atoms with Crippen LogP contribution in [0.25, 0.3) is 0 Å². The van der Waals surface area contributed by atoms with Crippen molar-refractivity contribution in [1.82, 2.24) is 0 Å². The monoisotopic (exact) mass is 396 g/mol. The fourth-order valence-electron chi connectivity index (χ4n) is 3.80. The van der Waals surface area contributed by atoms with Crippen molar-refractivity contribution < 1.29 is 5.21 Å². The Morgan fingerprint density at radius 1 is 0.552 bits per heavy atom. The van der Waals surface area contributed by atoms with Crippen LogP contribution in [0.5, 0.6) is 0 Å². The predicted octanol–water partition coefficient (Wildman–Crippen LogP) is 4.86. The fourth-order valence-corrected chi connectivity index (χ4v) is 7.98. The summed E-state index contributed by atoms with van der Waals surface area (Å²) in [4.78, 5) is 0. The molecule has 3 heteroatoms. The number of oxime groups is 1. The van der Waals surface area contributed by atoms with Gasteiger partial charge in [-0.2, -0.15) is 0 Å². The molecular formula is C26H23NOP+. The smallest absolute Gasteiger partial charge is 0.125 e. The van der Waals surface area contributed by atoms with Gasteiger partial charge in [0.1, 0.15) is 35.0 Å². The molecule has 0 atom stereocenters. The maximum absolute atomic E-state index is 9.99. The Morgan fingerprint density at radius 3 is 1.24 bits per heavy atom. The van der Waals surface area contributed by atoms with Gasteiger partial charge < -0.3 is 5.21 Å². The van der Waals surface area contributed by atoms with Gasteiger partial charge in [-0.25, -0.2) is 0 Å². The molecule has 0 aliphatic heterocycles. The molecule has 0 aliphatic rings. The summed E-state index contributed by atoms with van der Waals surface area (Å²) in [6, 6.07) is 41.9. The lowest BCUT2D eigenvalue weighted by Crippen LogP contribution is -2.36. The lowest BCUT2D eigenvalue weighted by Gasteiger charge is -2.28. The van der Waals surface area contributed by atoms with E-state index in [0.717, 1.165) is 5.56 Å². The summed E-state index contributed by atoms with van der Waals surface area (Å²) in [6.45, 7) is 0. The Labute approximate surface area is 172 Å². The first-order valence-corrected chi connectivity index (χ1v) is 11.6. The fraction of sp³-hybridized carbons (Fsp3) is 0.0385. The van der Waals surface area contributed by atoms with Crippen LogP contribution in [0.15, 0.2) is 126 Å². The Morgan fingerprint density at radius 2 is 0.897 bits per heavy atom. The first kappa shape index (κ1) is 19.1. The van der Waals surface area contributed by atoms with E-state index in [2.05, 4.69) is 78.0 Å². The van der Waals surface area contributed by atoms with Gasteiger partial charge in [0.05, 0.1) is 0 Å². The highest BCUT2D eigenvalue weighted by atomic mass is 31.2. The van der Waals surface area contributed by atoms with Crippen molar-refractivity contribution in [2.45, 2.75) is 0 Å². The Bertz CT molecular complexity index is 968. The molecule has 0 saturated heterocycles. The van der Waals surface area contributed by atoms with E-state index in [0.29, 0.717) is 11.9 Å². The van der Waals surface area contributed by atoms with Gasteiger partial charge in [-0.3, -0.25) is 0 Å². The largest absolute Gasteiger partial charge is 0.411 e. The molecule has 4 aromatic carbocycles. The molecule has 0 amide bonds. The minimum absolute atomic E-state index is 0.644. The lowest BCUT2D eigenvalue weighted by molar-refractivity contribution is 0.319. The number of hydrogen-bond donors (Lipinski definition) is 1. The maximum Gasteiger partial charge on any atom is 0.125 e. The van der Waals surface area contributed by atoms with Crippen LogP contribution in [-0.2, 0) is 0 Å². The van der Waals surface area contributed by atoms with Gasteiger partial charge in [-0.05, 0) is 36.4 Å². The zero-order valence-electron chi connectivity index (χ0n) is 16.1. The molecule has 29 heavy (non-hydrogen) atoms. The van der Waals surface area contributed by atoms with Gasteiger partial charge in [0.15, 0.2) is 0 Å². The maximum atomic E-state index is 9.99. The van der Waals surface area contributed by atoms with Crippen LogP contribution < -0.4 is 15.9 Å². The predicted molar refractivity (Wildman–Crippen MR) is 125 cm³/mol. The molecule has 0 spiro atoms. The van der Waals surface area contributed by atoms with E-state index >= 15 is 0 Å². The molecule has 1 N–H and O–H groups in total. The standard InChI is InChI=1S/C26H22NOP/c28-27-26(22-13-5-1-6-14-22)21-29(23-15-7-2-8-16-23,24-17-9-3-10-18-24)25-19-11-4-12-20-25/h1-20H,21H2/p+1/b27-26-. The molecule has 0 bridgehead atoms. The summed E-state index contributed by atoms with van der Waals surface area (Å²) in [7, 11) is -2.08. The second kappa shape index (κ2) is 8.86. The van der Waals surface area contributed by atoms with Crippen molar-refractivity contribution in [2.24, 2.45) is 5.16 Å². The van der Waals surface area contributed by atoms with Gasteiger partial charge in [0.2, 0.25) is 0 Å². The summed E-state index contributed by atoms with van der Waals surface area (Å²) in [6.07, 6.45) is 0.644. The highest BCUT2D eigenvalue weighted by Crippen LogP contribution is 2.55. The molecule has 4 aromatic rings. The molecule has 0 saturated carbocycles. The Balaban J connectivity index is 1.98. The molecule has 142 valence electrons. The van der Waals surface area contributed by atoms with Crippen molar-refractivity contribution in [1.29, 1.82) is 0 Å². The van der Waals surface area contributed by atoms with E-state index in [9.17, 15) is 5.21 Å². The van der Waals surface area contributed by atoms with Crippen molar-refractivity contribution in [3.05, 3.63) is 127 Å². The number of nitrogens with zero attached hydrogens (tertiary/aromatic N) is 1. The normalized spacial score (nSPS) is 11.9. The summed E-state index contributed by atoms with van der Waals surface area (Å²) in [5, 5.41) is 17.6. The van der Waals surface area contributed by atoms with Gasteiger partial charge in [0, 0.05) is 5.56 Å². The third-order valence-electron chi connectivity index (χ3n) is 5.21. The van der Waals surface area contributed by atoms with E-state index in [1.54, 1.807) is 0 Å². The first-order chi connectivity index (χ1) is 14.3. The number of hydrogen-bond acceptors (Lipinski definition) is 2. The SMILES string of the molecule is O/N=C(/C[P+](c1ccccc1)(c1ccccc1)c1ccccc1)c1ccccc1. The van der Waals surface area contributed by atoms with Crippen LogP contribution in [-0.4, -0.2) is 17.1 Å². The summed E-state index contributed by atoms with van der Waals surface area (Å²) in [5.41, 5.74) is 1.65. The molecule has 4 rings (SSSR count). The van der Waals surface area contributed by atoms with E-state index < -0.39 is 7.26 Å². The molecule has 0 aliphatic carbocycles. The van der Waals surface area contributed by atoms with Crippen LogP contribution in [0.4, 0.5) is 0 Å². The topological polar surface area (TPSA) is 32.6 Å². The average Bonchev–Trinajstić information content (AvgIpc) is 2.82. The zero-order valence-corrected chi connectivity index (χ0v) is 17.0. The summed E-state index contributed by atoms with van der Waals surface area (Å²) < 4.78 is 0. The van der Waals surface area contributed by atoms with E-state index in [-0.39, 0.29) is 0 Å². The number of benzene rings is 4. The lowest BCUT2D eigenvalue weighted by atomic mass is 10.1. The van der Waals surface area contributed by atoms with Crippen molar-refractivity contribution >= 4 is 28.9 Å². The van der Waals surface area contributed by atoms with E-state index in [4.69, 9.17) is 0 Å². The first-order valence-electron chi connectivity index (χ1n) is 9.66. The quantitative estimate of drug-likeness (QED) is 0.215. The molecule has 0 fully saturated rings. The Hall–Kier alpha value is -3.22. The minimum atomic E-state index is -2.08. The highest BCUT2D eigenvalue weighted by molar-refractivity contribution is 7.96. The Kier molecular flexibility index (Phi) is 5.84. The van der Waals surface area contributed by atoms with Gasteiger partial charge in [0.25, 0.3) is 0 Å². The molecular weight excluding hydrogens is 373 g/mol. The summed E-state index contributed by atoms with van der Waals surface area (Å²) >= 11 is 0. The van der Waals surface area contributed by atoms with Gasteiger partial charge in [-0.15, -0.1) is 0 Å². The third-order valence-corrected chi connectivity index (χ3v) is 9.52. The number of rotatable bonds is 6. The zero-order chi connectivity index (χ0) is 19.9. The molecule has 0 aromatic heterocycles. The van der Waals surface area contributed by atoms with E-state index in [1.807, 2.05) is 48.5 Å². The van der Waals surface area contributed by atoms with Gasteiger partial charge >= 0.3 is 0 Å². The summed E-state index contributed by atoms with van der Waals surface area (Å²) in [5.74, 6) is 0. The van der Waals surface area contributed by atoms with Crippen LogP contribution in [0.1, 0.15) is 5.56 Å². The van der Waals surface area contributed by atoms with Crippen LogP contribution in [0.3, 0.4) is 0 Å². The average molecular weight is 396 g/mol. The second-order valence-electron chi connectivity index (χ2n) is 6.89. The second-order valence-corrected chi connectivity index (χ2v) is 10.4. The highest BCUT2D eigenvalue weighted by Gasteiger charge is 2.46. The van der Waals surface area contributed by atoms with Crippen LogP contribution >= 0.6 is 7.26 Å². The van der Waals surface area contributed by atoms with Crippen LogP contribution in [0, 0.1) is 0 Å². The minimum Gasteiger partial charge on any atom is -0.411 e. The molecule has 0 radical (unpaired) electrons. The molecule has 0 heterocycles. The van der Waals surface area contributed by atoms with Crippen LogP contribution in [0.2, 0.25) is 0 Å². The van der Waals surface area contributed by atoms with Crippen molar-refractivity contribution in [3.8, 4) is 0 Å². The van der Waals surface area contributed by atoms with Crippen molar-refractivity contribution in [2.75, 3.05) is 6.16 Å². The molecule has 0 unspecified atom stereocenters. The third kappa shape index (κ3) is 3.85. The van der Waals surface area contributed by atoms with Crippen molar-refractivity contribution in [3.63, 3.8) is 0 Å². The van der Waals surface area contributed by atoms with Gasteiger partial charge in [-0.1, -0.05) is 90.1 Å².